The first-order chi connectivity index (χ1) is 13.9. The maximum Gasteiger partial charge on any atom is 0.0983 e. The van der Waals surface area contributed by atoms with E-state index in [1.807, 2.05) is 6.07 Å². The Kier molecular flexibility index (Phi) is 4.92. The van der Waals surface area contributed by atoms with Gasteiger partial charge in [0.2, 0.25) is 0 Å². The predicted octanol–water partition coefficient (Wildman–Crippen LogP) is 4.85. The average molecular weight is 402 g/mol. The maximum absolute atomic E-state index is 11.8. The van der Waals surface area contributed by atoms with E-state index in [2.05, 4.69) is 13.8 Å². The van der Waals surface area contributed by atoms with Gasteiger partial charge < -0.3 is 20.0 Å². The van der Waals surface area contributed by atoms with Crippen LogP contribution >= 0.6 is 0 Å². The molecule has 0 bridgehead atoms. The molecule has 0 amide bonds. The van der Waals surface area contributed by atoms with Gasteiger partial charge in [-0.1, -0.05) is 13.8 Å². The first kappa shape index (κ1) is 20.1. The second kappa shape index (κ2) is 7.10. The van der Waals surface area contributed by atoms with Crippen molar-refractivity contribution in [3.05, 3.63) is 24.2 Å². The molecule has 0 aliphatic heterocycles. The minimum absolute atomic E-state index is 0.0251. The third-order valence-corrected chi connectivity index (χ3v) is 10.2. The molecule has 1 aromatic rings. The van der Waals surface area contributed by atoms with Crippen molar-refractivity contribution in [3.8, 4) is 0 Å². The van der Waals surface area contributed by atoms with Crippen LogP contribution in [-0.2, 0) is 10.3 Å². The summed E-state index contributed by atoms with van der Waals surface area (Å²) in [6.45, 7) is 6.30. The Labute approximate surface area is 175 Å². The number of hydrogen-bond donors (Lipinski definition) is 2. The number of aliphatic hydroxyl groups is 1. The molecule has 4 fully saturated rings. The van der Waals surface area contributed by atoms with Crippen molar-refractivity contribution in [2.75, 3.05) is 13.2 Å². The van der Waals surface area contributed by atoms with E-state index in [0.717, 1.165) is 42.6 Å². The zero-order chi connectivity index (χ0) is 20.3. The molecule has 3 unspecified atom stereocenters. The largest absolute Gasteiger partial charge is 0.472 e. The normalized spacial score (nSPS) is 49.3. The molecule has 0 spiro atoms. The molecule has 4 heteroatoms. The lowest BCUT2D eigenvalue weighted by atomic mass is 9.44. The average Bonchev–Trinajstić information content (AvgIpc) is 3.34. The predicted molar refractivity (Wildman–Crippen MR) is 113 cm³/mol. The van der Waals surface area contributed by atoms with Gasteiger partial charge in [-0.2, -0.15) is 0 Å². The Morgan fingerprint density at radius 2 is 1.93 bits per heavy atom. The van der Waals surface area contributed by atoms with Gasteiger partial charge in [0, 0.05) is 17.5 Å². The number of rotatable bonds is 4. The highest BCUT2D eigenvalue weighted by molar-refractivity contribution is 5.26. The molecule has 0 aromatic carbocycles. The van der Waals surface area contributed by atoms with Gasteiger partial charge in [-0.05, 0) is 92.9 Å². The molecule has 4 nitrogen and oxygen atoms in total. The van der Waals surface area contributed by atoms with Crippen LogP contribution in [0.25, 0.3) is 0 Å². The fourth-order valence-corrected chi connectivity index (χ4v) is 8.59. The van der Waals surface area contributed by atoms with E-state index in [4.69, 9.17) is 14.9 Å². The van der Waals surface area contributed by atoms with E-state index in [9.17, 15) is 5.11 Å². The standard InChI is InChI=1S/C25H39NO3/c1-23-9-5-19(29-14-12-26)15-17(23)3-4-20-21(23)6-10-24(2)22(20)7-11-25(24,27)18-8-13-28-16-18/h8,13,16-17,19-22,27H,3-7,9-12,14-15,26H2,1-2H3/t17?,19?,20-,21-,22+,23+,24+,25?/m1/s1. The van der Waals surface area contributed by atoms with E-state index in [0.29, 0.717) is 30.6 Å². The third kappa shape index (κ3) is 2.81. The van der Waals surface area contributed by atoms with Crippen LogP contribution < -0.4 is 5.73 Å². The van der Waals surface area contributed by atoms with Crippen molar-refractivity contribution in [1.29, 1.82) is 0 Å². The van der Waals surface area contributed by atoms with Crippen molar-refractivity contribution in [1.82, 2.24) is 0 Å². The summed E-state index contributed by atoms with van der Waals surface area (Å²) in [7, 11) is 0. The molecule has 5 rings (SSSR count). The minimum Gasteiger partial charge on any atom is -0.472 e. The SMILES string of the molecule is C[C@]12CCC(OCCN)CC1CC[C@@H]1[C@H]2CC[C@@]2(C)[C@H]1CCC2(O)c1ccoc1. The summed E-state index contributed by atoms with van der Waals surface area (Å²) in [6.07, 6.45) is 14.7. The molecule has 1 aromatic heterocycles. The minimum atomic E-state index is -0.721. The third-order valence-electron chi connectivity index (χ3n) is 10.2. The molecule has 162 valence electrons. The van der Waals surface area contributed by atoms with Gasteiger partial charge in [0.05, 0.1) is 30.8 Å². The second-order valence-electron chi connectivity index (χ2n) is 11.1. The van der Waals surface area contributed by atoms with Crippen LogP contribution in [0.5, 0.6) is 0 Å². The molecular formula is C25H39NO3. The number of ether oxygens (including phenoxy) is 1. The lowest BCUT2D eigenvalue weighted by Gasteiger charge is -2.61. The highest BCUT2D eigenvalue weighted by atomic mass is 16.5. The molecule has 0 saturated heterocycles. The van der Waals surface area contributed by atoms with E-state index < -0.39 is 5.60 Å². The molecule has 4 aliphatic carbocycles. The lowest BCUT2D eigenvalue weighted by Crippen LogP contribution is -2.56. The molecule has 1 heterocycles. The van der Waals surface area contributed by atoms with E-state index >= 15 is 0 Å². The van der Waals surface area contributed by atoms with Crippen LogP contribution in [0, 0.1) is 34.5 Å². The van der Waals surface area contributed by atoms with Gasteiger partial charge in [-0.3, -0.25) is 0 Å². The summed E-state index contributed by atoms with van der Waals surface area (Å²) in [5, 5.41) is 11.8. The quantitative estimate of drug-likeness (QED) is 0.756. The maximum atomic E-state index is 11.8. The van der Waals surface area contributed by atoms with E-state index in [1.165, 1.54) is 38.5 Å². The smallest absolute Gasteiger partial charge is 0.0983 e. The second-order valence-corrected chi connectivity index (χ2v) is 11.1. The summed E-state index contributed by atoms with van der Waals surface area (Å²) < 4.78 is 11.4. The van der Waals surface area contributed by atoms with Crippen molar-refractivity contribution in [2.24, 2.45) is 40.2 Å². The van der Waals surface area contributed by atoms with Crippen LogP contribution in [-0.4, -0.2) is 24.4 Å². The summed E-state index contributed by atoms with van der Waals surface area (Å²) in [5.74, 6) is 2.99. The van der Waals surface area contributed by atoms with Gasteiger partial charge in [0.1, 0.15) is 0 Å². The molecule has 8 atom stereocenters. The first-order valence-electron chi connectivity index (χ1n) is 12.0. The lowest BCUT2D eigenvalue weighted by molar-refractivity contribution is -0.164. The first-order valence-corrected chi connectivity index (χ1v) is 12.0. The van der Waals surface area contributed by atoms with Crippen LogP contribution in [0.1, 0.15) is 77.2 Å². The van der Waals surface area contributed by atoms with E-state index in [1.54, 1.807) is 12.5 Å². The van der Waals surface area contributed by atoms with Crippen LogP contribution in [0.2, 0.25) is 0 Å². The Morgan fingerprint density at radius 1 is 1.10 bits per heavy atom. The van der Waals surface area contributed by atoms with E-state index in [-0.39, 0.29) is 5.41 Å². The summed E-state index contributed by atoms with van der Waals surface area (Å²) in [6, 6.07) is 1.99. The zero-order valence-electron chi connectivity index (χ0n) is 18.2. The molecule has 3 N–H and O–H groups in total. The van der Waals surface area contributed by atoms with Gasteiger partial charge in [-0.15, -0.1) is 0 Å². The Bertz CT molecular complexity index is 720. The van der Waals surface area contributed by atoms with Gasteiger partial charge in [0.25, 0.3) is 0 Å². The number of fused-ring (bicyclic) bond motifs is 5. The van der Waals surface area contributed by atoms with Crippen molar-refractivity contribution >= 4 is 0 Å². The highest BCUT2D eigenvalue weighted by Crippen LogP contribution is 2.70. The summed E-state index contributed by atoms with van der Waals surface area (Å²) in [5.41, 5.74) is 6.36. The van der Waals surface area contributed by atoms with Crippen molar-refractivity contribution in [3.63, 3.8) is 0 Å². The zero-order valence-corrected chi connectivity index (χ0v) is 18.2. The van der Waals surface area contributed by atoms with Crippen LogP contribution in [0.15, 0.2) is 23.0 Å². The Hall–Kier alpha value is -0.840. The topological polar surface area (TPSA) is 68.6 Å². The van der Waals surface area contributed by atoms with Crippen LogP contribution in [0.3, 0.4) is 0 Å². The van der Waals surface area contributed by atoms with Crippen molar-refractivity contribution < 1.29 is 14.3 Å². The van der Waals surface area contributed by atoms with Gasteiger partial charge in [-0.25, -0.2) is 0 Å². The highest BCUT2D eigenvalue weighted by Gasteiger charge is 2.65. The number of furan rings is 1. The molecule has 0 radical (unpaired) electrons. The Morgan fingerprint density at radius 3 is 2.69 bits per heavy atom. The van der Waals surface area contributed by atoms with Gasteiger partial charge in [0.15, 0.2) is 0 Å². The van der Waals surface area contributed by atoms with Crippen molar-refractivity contribution in [2.45, 2.75) is 83.3 Å². The fourth-order valence-electron chi connectivity index (χ4n) is 8.59. The molecular weight excluding hydrogens is 362 g/mol. The van der Waals surface area contributed by atoms with Crippen LogP contribution in [0.4, 0.5) is 0 Å². The molecule has 4 saturated carbocycles. The molecule has 4 aliphatic rings. The fraction of sp³-hybridized carbons (Fsp3) is 0.840. The van der Waals surface area contributed by atoms with Gasteiger partial charge >= 0.3 is 0 Å². The monoisotopic (exact) mass is 401 g/mol. The summed E-state index contributed by atoms with van der Waals surface area (Å²) in [4.78, 5) is 0. The number of hydrogen-bond acceptors (Lipinski definition) is 4. The summed E-state index contributed by atoms with van der Waals surface area (Å²) >= 11 is 0. The Balaban J connectivity index is 1.37. The number of nitrogens with two attached hydrogens (primary N) is 1. The molecule has 29 heavy (non-hydrogen) atoms.